The van der Waals surface area contributed by atoms with Crippen molar-refractivity contribution in [2.24, 2.45) is 0 Å². The highest BCUT2D eigenvalue weighted by Gasteiger charge is 2.42. The molecule has 1 aliphatic heterocycles. The highest BCUT2D eigenvalue weighted by atomic mass is 32.2. The third kappa shape index (κ3) is 1.62. The summed E-state index contributed by atoms with van der Waals surface area (Å²) in [6, 6.07) is 0. The van der Waals surface area contributed by atoms with Crippen LogP contribution in [0.4, 0.5) is 0 Å². The maximum absolute atomic E-state index is 10.9. The van der Waals surface area contributed by atoms with Crippen molar-refractivity contribution < 1.29 is 25.2 Å². The summed E-state index contributed by atoms with van der Waals surface area (Å²) in [5.41, 5.74) is 0. The van der Waals surface area contributed by atoms with E-state index in [4.69, 9.17) is 15.3 Å². The zero-order valence-corrected chi connectivity index (χ0v) is 6.94. The van der Waals surface area contributed by atoms with Crippen molar-refractivity contribution in [1.82, 2.24) is 0 Å². The average molecular weight is 194 g/mol. The van der Waals surface area contributed by atoms with Gasteiger partial charge in [-0.1, -0.05) is 11.8 Å². The summed E-state index contributed by atoms with van der Waals surface area (Å²) in [4.78, 5) is 10.9. The molecule has 0 aromatic heterocycles. The number of carbonyl (C=O) groups excluding carboxylic acids is 1. The van der Waals surface area contributed by atoms with Gasteiger partial charge in [0.05, 0.1) is 18.0 Å². The molecule has 1 fully saturated rings. The summed E-state index contributed by atoms with van der Waals surface area (Å²) in [6.45, 7) is -0.401. The average Bonchev–Trinajstić information content (AvgIpc) is 2.08. The second kappa shape index (κ2) is 3.71. The van der Waals surface area contributed by atoms with Crippen molar-refractivity contribution in [3.63, 3.8) is 0 Å². The van der Waals surface area contributed by atoms with Crippen molar-refractivity contribution in [1.29, 1.82) is 0 Å². The third-order valence-electron chi connectivity index (χ3n) is 1.74. The van der Waals surface area contributed by atoms with E-state index in [0.29, 0.717) is 11.8 Å². The van der Waals surface area contributed by atoms with Crippen molar-refractivity contribution in [2.75, 3.05) is 6.61 Å². The Labute approximate surface area is 73.0 Å². The molecule has 0 amide bonds. The molecule has 0 bridgehead atoms. The molecule has 0 aromatic rings. The molecule has 4 unspecified atom stereocenters. The SMILES string of the molecule is O=C1SC(CO)C(O)C(O)C1O. The van der Waals surface area contributed by atoms with Gasteiger partial charge < -0.3 is 20.4 Å². The molecular formula is C6H10O5S. The molecule has 0 radical (unpaired) electrons. The second-order valence-electron chi connectivity index (χ2n) is 2.58. The summed E-state index contributed by atoms with van der Waals surface area (Å²) in [7, 11) is 0. The predicted molar refractivity (Wildman–Crippen MR) is 41.5 cm³/mol. The van der Waals surface area contributed by atoms with Crippen LogP contribution in [0.3, 0.4) is 0 Å². The summed E-state index contributed by atoms with van der Waals surface area (Å²) in [5, 5.41) is 34.5. The van der Waals surface area contributed by atoms with Crippen LogP contribution in [-0.2, 0) is 4.79 Å². The van der Waals surface area contributed by atoms with E-state index in [2.05, 4.69) is 0 Å². The van der Waals surface area contributed by atoms with Gasteiger partial charge in [-0.3, -0.25) is 4.79 Å². The van der Waals surface area contributed by atoms with E-state index in [-0.39, 0.29) is 0 Å². The van der Waals surface area contributed by atoms with Gasteiger partial charge in [0.2, 0.25) is 5.12 Å². The van der Waals surface area contributed by atoms with E-state index in [1.165, 1.54) is 0 Å². The minimum Gasteiger partial charge on any atom is -0.395 e. The molecule has 12 heavy (non-hydrogen) atoms. The number of aliphatic hydroxyl groups excluding tert-OH is 4. The van der Waals surface area contributed by atoms with Crippen molar-refractivity contribution >= 4 is 16.9 Å². The fourth-order valence-corrected chi connectivity index (χ4v) is 1.93. The Hall–Kier alpha value is -0.140. The smallest absolute Gasteiger partial charge is 0.220 e. The number of rotatable bonds is 1. The molecule has 1 heterocycles. The van der Waals surface area contributed by atoms with Crippen molar-refractivity contribution in [3.05, 3.63) is 0 Å². The highest BCUT2D eigenvalue weighted by Crippen LogP contribution is 2.27. The molecule has 0 saturated carbocycles. The minimum absolute atomic E-state index is 0.401. The van der Waals surface area contributed by atoms with Gasteiger partial charge in [0.1, 0.15) is 6.10 Å². The van der Waals surface area contributed by atoms with E-state index >= 15 is 0 Å². The number of aliphatic hydroxyl groups is 4. The Morgan fingerprint density at radius 2 is 1.83 bits per heavy atom. The largest absolute Gasteiger partial charge is 0.395 e. The maximum atomic E-state index is 10.9. The molecule has 0 aromatic carbocycles. The van der Waals surface area contributed by atoms with Gasteiger partial charge in [-0.25, -0.2) is 0 Å². The number of hydrogen-bond acceptors (Lipinski definition) is 6. The first kappa shape index (κ1) is 9.94. The predicted octanol–water partition coefficient (Wildman–Crippen LogP) is -2.30. The van der Waals surface area contributed by atoms with Gasteiger partial charge >= 0.3 is 0 Å². The molecule has 0 spiro atoms. The number of hydrogen-bond donors (Lipinski definition) is 4. The lowest BCUT2D eigenvalue weighted by Crippen LogP contribution is -2.52. The lowest BCUT2D eigenvalue weighted by Gasteiger charge is -2.32. The summed E-state index contributed by atoms with van der Waals surface area (Å²) >= 11 is 0.657. The fraction of sp³-hybridized carbons (Fsp3) is 0.833. The van der Waals surface area contributed by atoms with E-state index in [1.54, 1.807) is 0 Å². The van der Waals surface area contributed by atoms with Crippen LogP contribution in [0, 0.1) is 0 Å². The first-order valence-corrected chi connectivity index (χ1v) is 4.31. The van der Waals surface area contributed by atoms with Crippen LogP contribution in [-0.4, -0.2) is 55.7 Å². The zero-order valence-electron chi connectivity index (χ0n) is 6.12. The molecule has 1 aliphatic rings. The van der Waals surface area contributed by atoms with Crippen molar-refractivity contribution in [3.8, 4) is 0 Å². The normalized spacial score (nSPS) is 43.2. The molecule has 70 valence electrons. The van der Waals surface area contributed by atoms with E-state index in [1.807, 2.05) is 0 Å². The minimum atomic E-state index is -1.55. The lowest BCUT2D eigenvalue weighted by atomic mass is 10.1. The van der Waals surface area contributed by atoms with E-state index < -0.39 is 35.3 Å². The Morgan fingerprint density at radius 1 is 1.25 bits per heavy atom. The summed E-state index contributed by atoms with van der Waals surface area (Å²) in [6.07, 6.45) is -4.30. The van der Waals surface area contributed by atoms with Gasteiger partial charge in [-0.15, -0.1) is 0 Å². The van der Waals surface area contributed by atoms with Crippen LogP contribution in [0.1, 0.15) is 0 Å². The standard InChI is InChI=1S/C6H10O5S/c7-1-2-3(8)4(9)5(10)6(11)12-2/h2-5,7-10H,1H2. The van der Waals surface area contributed by atoms with Gasteiger partial charge in [0.15, 0.2) is 6.10 Å². The van der Waals surface area contributed by atoms with Gasteiger partial charge in [0, 0.05) is 0 Å². The molecule has 0 aliphatic carbocycles. The molecule has 4 atom stereocenters. The monoisotopic (exact) mass is 194 g/mol. The van der Waals surface area contributed by atoms with Crippen LogP contribution in [0.25, 0.3) is 0 Å². The Morgan fingerprint density at radius 3 is 2.33 bits per heavy atom. The summed E-state index contributed by atoms with van der Waals surface area (Å²) in [5.74, 6) is 0. The van der Waals surface area contributed by atoms with Gasteiger partial charge in [-0.2, -0.15) is 0 Å². The number of thioether (sulfide) groups is 1. The zero-order chi connectivity index (χ0) is 9.30. The van der Waals surface area contributed by atoms with Crippen LogP contribution in [0.5, 0.6) is 0 Å². The molecule has 6 heteroatoms. The quantitative estimate of drug-likeness (QED) is 0.375. The third-order valence-corrected chi connectivity index (χ3v) is 2.95. The van der Waals surface area contributed by atoms with Crippen LogP contribution in [0.2, 0.25) is 0 Å². The molecular weight excluding hydrogens is 184 g/mol. The maximum Gasteiger partial charge on any atom is 0.220 e. The number of carbonyl (C=O) groups is 1. The van der Waals surface area contributed by atoms with Gasteiger partial charge in [0.25, 0.3) is 0 Å². The molecule has 1 saturated heterocycles. The Balaban J connectivity index is 2.70. The Kier molecular flexibility index (Phi) is 3.08. The van der Waals surface area contributed by atoms with Crippen LogP contribution >= 0.6 is 11.8 Å². The summed E-state index contributed by atoms with van der Waals surface area (Å²) < 4.78 is 0. The van der Waals surface area contributed by atoms with E-state index in [0.717, 1.165) is 0 Å². The fourth-order valence-electron chi connectivity index (χ4n) is 0.980. The molecule has 5 nitrogen and oxygen atoms in total. The first-order valence-electron chi connectivity index (χ1n) is 3.43. The van der Waals surface area contributed by atoms with E-state index in [9.17, 15) is 9.90 Å². The lowest BCUT2D eigenvalue weighted by molar-refractivity contribution is -0.132. The Bertz CT molecular complexity index is 183. The molecule has 4 N–H and O–H groups in total. The highest BCUT2D eigenvalue weighted by molar-refractivity contribution is 8.14. The topological polar surface area (TPSA) is 98.0 Å². The van der Waals surface area contributed by atoms with Crippen LogP contribution in [0.15, 0.2) is 0 Å². The van der Waals surface area contributed by atoms with Crippen molar-refractivity contribution in [2.45, 2.75) is 23.6 Å². The van der Waals surface area contributed by atoms with Gasteiger partial charge in [-0.05, 0) is 0 Å². The van der Waals surface area contributed by atoms with Crippen LogP contribution < -0.4 is 0 Å². The molecule has 1 rings (SSSR count). The first-order chi connectivity index (χ1) is 5.57. The second-order valence-corrected chi connectivity index (χ2v) is 3.83.